The van der Waals surface area contributed by atoms with E-state index in [4.69, 9.17) is 0 Å². The standard InChI is InChI=1S/C16H20/c1-4-9-14-12(5-2)13(6-3)15-10-7-8-11-16(14)15/h7-11H,4-6H2,1-3H3. The van der Waals surface area contributed by atoms with Crippen molar-refractivity contribution in [1.82, 2.24) is 0 Å². The van der Waals surface area contributed by atoms with E-state index in [1.807, 2.05) is 0 Å². The Morgan fingerprint density at radius 3 is 2.06 bits per heavy atom. The van der Waals surface area contributed by atoms with E-state index in [2.05, 4.69) is 51.1 Å². The van der Waals surface area contributed by atoms with Crippen LogP contribution in [0.5, 0.6) is 0 Å². The highest BCUT2D eigenvalue weighted by Gasteiger charge is 2.22. The highest BCUT2D eigenvalue weighted by Crippen LogP contribution is 2.43. The van der Waals surface area contributed by atoms with Gasteiger partial charge in [-0.25, -0.2) is 0 Å². The summed E-state index contributed by atoms with van der Waals surface area (Å²) in [6.07, 6.45) is 5.77. The third kappa shape index (κ3) is 1.63. The molecule has 1 aliphatic rings. The number of fused-ring (bicyclic) bond motifs is 1. The van der Waals surface area contributed by atoms with Crippen molar-refractivity contribution in [2.45, 2.75) is 40.0 Å². The largest absolute Gasteiger partial charge is 0.0766 e. The van der Waals surface area contributed by atoms with E-state index in [1.54, 1.807) is 11.1 Å². The molecule has 0 saturated heterocycles. The molecule has 1 aromatic carbocycles. The lowest BCUT2D eigenvalue weighted by Gasteiger charge is -2.04. The summed E-state index contributed by atoms with van der Waals surface area (Å²) < 4.78 is 0. The molecular weight excluding hydrogens is 192 g/mol. The van der Waals surface area contributed by atoms with E-state index in [-0.39, 0.29) is 0 Å². The monoisotopic (exact) mass is 212 g/mol. The number of hydrogen-bond donors (Lipinski definition) is 0. The summed E-state index contributed by atoms with van der Waals surface area (Å²) in [4.78, 5) is 0. The molecule has 0 saturated carbocycles. The second-order valence-corrected chi connectivity index (χ2v) is 4.24. The number of rotatable bonds is 3. The third-order valence-corrected chi connectivity index (χ3v) is 3.35. The molecule has 0 spiro atoms. The molecule has 0 heterocycles. The predicted octanol–water partition coefficient (Wildman–Crippen LogP) is 5.07. The van der Waals surface area contributed by atoms with Crippen molar-refractivity contribution in [1.29, 1.82) is 0 Å². The summed E-state index contributed by atoms with van der Waals surface area (Å²) in [5.74, 6) is 0. The average molecular weight is 212 g/mol. The van der Waals surface area contributed by atoms with Crippen LogP contribution in [0.1, 0.15) is 51.2 Å². The average Bonchev–Trinajstić information content (AvgIpc) is 2.63. The summed E-state index contributed by atoms with van der Waals surface area (Å²) in [6.45, 7) is 6.74. The van der Waals surface area contributed by atoms with Crippen LogP contribution in [0, 0.1) is 0 Å². The third-order valence-electron chi connectivity index (χ3n) is 3.35. The maximum absolute atomic E-state index is 2.38. The topological polar surface area (TPSA) is 0 Å². The van der Waals surface area contributed by atoms with Crippen molar-refractivity contribution in [3.63, 3.8) is 0 Å². The van der Waals surface area contributed by atoms with E-state index in [1.165, 1.54) is 16.7 Å². The molecule has 0 amide bonds. The summed E-state index contributed by atoms with van der Waals surface area (Å²) in [5, 5.41) is 0. The van der Waals surface area contributed by atoms with Crippen molar-refractivity contribution in [3.8, 4) is 0 Å². The van der Waals surface area contributed by atoms with Gasteiger partial charge in [0.1, 0.15) is 0 Å². The first kappa shape index (κ1) is 11.2. The molecule has 0 aliphatic heterocycles. The van der Waals surface area contributed by atoms with Gasteiger partial charge in [0, 0.05) is 0 Å². The molecule has 2 rings (SSSR count). The molecule has 84 valence electrons. The second-order valence-electron chi connectivity index (χ2n) is 4.24. The Hall–Kier alpha value is -1.30. The Morgan fingerprint density at radius 2 is 1.50 bits per heavy atom. The molecule has 1 aliphatic carbocycles. The normalized spacial score (nSPS) is 17.1. The van der Waals surface area contributed by atoms with Gasteiger partial charge >= 0.3 is 0 Å². The summed E-state index contributed by atoms with van der Waals surface area (Å²) in [5.41, 5.74) is 7.50. The second kappa shape index (κ2) is 4.69. The molecule has 0 nitrogen and oxygen atoms in total. The maximum atomic E-state index is 2.38. The Bertz CT molecular complexity index is 447. The lowest BCUT2D eigenvalue weighted by Crippen LogP contribution is -1.83. The number of benzene rings is 1. The van der Waals surface area contributed by atoms with Crippen LogP contribution in [0.25, 0.3) is 11.1 Å². The first-order chi connectivity index (χ1) is 7.83. The fourth-order valence-electron chi connectivity index (χ4n) is 2.71. The highest BCUT2D eigenvalue weighted by molar-refractivity contribution is 5.99. The molecular formula is C16H20. The fourth-order valence-corrected chi connectivity index (χ4v) is 2.71. The zero-order chi connectivity index (χ0) is 11.5. The quantitative estimate of drug-likeness (QED) is 0.656. The number of allylic oxidation sites excluding steroid dienone is 4. The van der Waals surface area contributed by atoms with Crippen LogP contribution in [0.2, 0.25) is 0 Å². The Kier molecular flexibility index (Phi) is 3.28. The van der Waals surface area contributed by atoms with Crippen LogP contribution < -0.4 is 0 Å². The van der Waals surface area contributed by atoms with E-state index in [0.29, 0.717) is 0 Å². The van der Waals surface area contributed by atoms with Crippen LogP contribution in [0.3, 0.4) is 0 Å². The summed E-state index contributed by atoms with van der Waals surface area (Å²) >= 11 is 0. The van der Waals surface area contributed by atoms with Gasteiger partial charge in [0.25, 0.3) is 0 Å². The van der Waals surface area contributed by atoms with Gasteiger partial charge in [-0.1, -0.05) is 51.1 Å². The molecule has 0 atom stereocenters. The van der Waals surface area contributed by atoms with Crippen LogP contribution in [-0.4, -0.2) is 0 Å². The molecule has 0 N–H and O–H groups in total. The van der Waals surface area contributed by atoms with E-state index >= 15 is 0 Å². The van der Waals surface area contributed by atoms with Crippen molar-refractivity contribution < 1.29 is 0 Å². The SMILES string of the molecule is CCC=C1C(CC)=C(CC)c2ccccc21. The summed E-state index contributed by atoms with van der Waals surface area (Å²) in [7, 11) is 0. The van der Waals surface area contributed by atoms with E-state index in [9.17, 15) is 0 Å². The van der Waals surface area contributed by atoms with Gasteiger partial charge in [-0.2, -0.15) is 0 Å². The summed E-state index contributed by atoms with van der Waals surface area (Å²) in [6, 6.07) is 8.82. The lowest BCUT2D eigenvalue weighted by molar-refractivity contribution is 1.13. The fraction of sp³-hybridized carbons (Fsp3) is 0.375. The number of hydrogen-bond acceptors (Lipinski definition) is 0. The highest BCUT2D eigenvalue weighted by atomic mass is 14.3. The van der Waals surface area contributed by atoms with Gasteiger partial charge < -0.3 is 0 Å². The van der Waals surface area contributed by atoms with Crippen LogP contribution >= 0.6 is 0 Å². The van der Waals surface area contributed by atoms with Crippen LogP contribution in [0.15, 0.2) is 35.9 Å². The minimum Gasteiger partial charge on any atom is -0.0766 e. The smallest absolute Gasteiger partial charge is 0.0109 e. The van der Waals surface area contributed by atoms with Gasteiger partial charge in [0.15, 0.2) is 0 Å². The Morgan fingerprint density at radius 1 is 0.875 bits per heavy atom. The first-order valence-corrected chi connectivity index (χ1v) is 6.35. The maximum Gasteiger partial charge on any atom is -0.0109 e. The van der Waals surface area contributed by atoms with Crippen molar-refractivity contribution in [3.05, 3.63) is 47.0 Å². The predicted molar refractivity (Wildman–Crippen MR) is 72.2 cm³/mol. The van der Waals surface area contributed by atoms with Gasteiger partial charge in [-0.15, -0.1) is 0 Å². The molecule has 0 bridgehead atoms. The zero-order valence-corrected chi connectivity index (χ0v) is 10.5. The van der Waals surface area contributed by atoms with Crippen LogP contribution in [-0.2, 0) is 0 Å². The Labute approximate surface area is 98.7 Å². The van der Waals surface area contributed by atoms with E-state index < -0.39 is 0 Å². The molecule has 0 heteroatoms. The van der Waals surface area contributed by atoms with Crippen molar-refractivity contribution >= 4 is 11.1 Å². The molecule has 0 aromatic heterocycles. The first-order valence-electron chi connectivity index (χ1n) is 6.35. The van der Waals surface area contributed by atoms with Crippen molar-refractivity contribution in [2.24, 2.45) is 0 Å². The lowest BCUT2D eigenvalue weighted by atomic mass is 10.00. The minimum atomic E-state index is 1.12. The van der Waals surface area contributed by atoms with Crippen molar-refractivity contribution in [2.75, 3.05) is 0 Å². The van der Waals surface area contributed by atoms with Gasteiger partial charge in [-0.05, 0) is 47.1 Å². The Balaban J connectivity index is 2.63. The molecule has 0 radical (unpaired) electrons. The van der Waals surface area contributed by atoms with Crippen LogP contribution in [0.4, 0.5) is 0 Å². The molecule has 0 fully saturated rings. The molecule has 0 unspecified atom stereocenters. The van der Waals surface area contributed by atoms with Gasteiger partial charge in [0.2, 0.25) is 0 Å². The zero-order valence-electron chi connectivity index (χ0n) is 10.5. The van der Waals surface area contributed by atoms with E-state index in [0.717, 1.165) is 19.3 Å². The van der Waals surface area contributed by atoms with Gasteiger partial charge in [-0.3, -0.25) is 0 Å². The molecule has 1 aromatic rings. The van der Waals surface area contributed by atoms with Gasteiger partial charge in [0.05, 0.1) is 0 Å². The minimum absolute atomic E-state index is 1.12. The molecule has 16 heavy (non-hydrogen) atoms.